The summed E-state index contributed by atoms with van der Waals surface area (Å²) in [5, 5.41) is 5.50. The molecule has 0 fully saturated rings. The quantitative estimate of drug-likeness (QED) is 0.715. The van der Waals surface area contributed by atoms with Crippen LogP contribution in [-0.4, -0.2) is 13.4 Å². The van der Waals surface area contributed by atoms with Crippen LogP contribution in [0.1, 0.15) is 0 Å². The number of para-hydroxylation sites is 2. The molecule has 3 aromatic rings. The van der Waals surface area contributed by atoms with Gasteiger partial charge in [0.25, 0.3) is 5.22 Å². The van der Waals surface area contributed by atoms with Crippen molar-refractivity contribution in [1.29, 1.82) is 0 Å². The lowest BCUT2D eigenvalue weighted by molar-refractivity contribution is 0.489. The average molecular weight is 321 g/mol. The van der Waals surface area contributed by atoms with Crippen LogP contribution in [0.3, 0.4) is 0 Å². The number of anilines is 1. The first-order chi connectivity index (χ1) is 9.93. The van der Waals surface area contributed by atoms with Gasteiger partial charge in [-0.3, -0.25) is 0 Å². The largest absolute Gasteiger partial charge is 0.431 e. The zero-order valence-corrected chi connectivity index (χ0v) is 12.3. The highest BCUT2D eigenvalue weighted by molar-refractivity contribution is 7.99. The van der Waals surface area contributed by atoms with E-state index in [0.29, 0.717) is 21.4 Å². The predicted molar refractivity (Wildman–Crippen MR) is 80.4 cm³/mol. The number of fused-ring (bicyclic) bond motifs is 1. The molecular weight excluding hydrogens is 310 g/mol. The molecule has 6 nitrogen and oxygen atoms in total. The number of nitrogens with two attached hydrogens (primary N) is 2. The number of oxazole rings is 1. The molecule has 0 saturated heterocycles. The van der Waals surface area contributed by atoms with E-state index in [1.807, 2.05) is 18.2 Å². The maximum Gasteiger partial charge on any atom is 0.261 e. The van der Waals surface area contributed by atoms with Gasteiger partial charge in [-0.15, -0.1) is 0 Å². The zero-order valence-electron chi connectivity index (χ0n) is 10.7. The minimum absolute atomic E-state index is 0.00434. The number of hydrogen-bond donors (Lipinski definition) is 2. The number of rotatable bonds is 3. The van der Waals surface area contributed by atoms with Gasteiger partial charge in [0.05, 0.1) is 4.90 Å². The van der Waals surface area contributed by atoms with Gasteiger partial charge in [-0.1, -0.05) is 12.1 Å². The fourth-order valence-corrected chi connectivity index (χ4v) is 3.22. The molecule has 0 aliphatic rings. The molecule has 0 radical (unpaired) electrons. The molecule has 21 heavy (non-hydrogen) atoms. The van der Waals surface area contributed by atoms with Crippen molar-refractivity contribution in [2.75, 3.05) is 5.73 Å². The molecule has 108 valence electrons. The lowest BCUT2D eigenvalue weighted by Crippen LogP contribution is -2.12. The maximum absolute atomic E-state index is 11.4. The monoisotopic (exact) mass is 321 g/mol. The molecule has 4 N–H and O–H groups in total. The Morgan fingerprint density at radius 3 is 2.62 bits per heavy atom. The standard InChI is InChI=1S/C13H11N3O3S2/c14-9-6-5-8(21(15,17)18)7-12(9)20-13-16-10-3-1-2-4-11(10)19-13/h1-7H,14H2,(H2,15,17,18). The van der Waals surface area contributed by atoms with Crippen molar-refractivity contribution >= 4 is 38.6 Å². The molecule has 8 heteroatoms. The maximum atomic E-state index is 11.4. The SMILES string of the molecule is Nc1ccc(S(N)(=O)=O)cc1Sc1nc2ccccc2o1. The van der Waals surface area contributed by atoms with Crippen LogP contribution < -0.4 is 10.9 Å². The van der Waals surface area contributed by atoms with Crippen LogP contribution in [0.25, 0.3) is 11.1 Å². The summed E-state index contributed by atoms with van der Waals surface area (Å²) in [5.41, 5.74) is 7.65. The van der Waals surface area contributed by atoms with E-state index in [9.17, 15) is 8.42 Å². The van der Waals surface area contributed by atoms with Gasteiger partial charge in [0.2, 0.25) is 10.0 Å². The highest BCUT2D eigenvalue weighted by atomic mass is 32.2. The molecule has 0 saturated carbocycles. The van der Waals surface area contributed by atoms with Crippen LogP contribution in [-0.2, 0) is 10.0 Å². The third-order valence-corrected chi connectivity index (χ3v) is 4.62. The predicted octanol–water partition coefficient (Wildman–Crippen LogP) is 2.21. The summed E-state index contributed by atoms with van der Waals surface area (Å²) >= 11 is 1.15. The van der Waals surface area contributed by atoms with Gasteiger partial charge in [-0.25, -0.2) is 18.5 Å². The second-order valence-electron chi connectivity index (χ2n) is 4.29. The van der Waals surface area contributed by atoms with Crippen molar-refractivity contribution < 1.29 is 12.8 Å². The molecular formula is C13H11N3O3S2. The Bertz CT molecular complexity index is 886. The van der Waals surface area contributed by atoms with E-state index >= 15 is 0 Å². The molecule has 1 heterocycles. The molecule has 0 aliphatic heterocycles. The summed E-state index contributed by atoms with van der Waals surface area (Å²) in [7, 11) is -3.78. The van der Waals surface area contributed by atoms with Gasteiger partial charge in [0.15, 0.2) is 5.58 Å². The second kappa shape index (κ2) is 5.06. The van der Waals surface area contributed by atoms with Crippen LogP contribution >= 0.6 is 11.8 Å². The first kappa shape index (κ1) is 13.9. The summed E-state index contributed by atoms with van der Waals surface area (Å²) in [6.07, 6.45) is 0. The summed E-state index contributed by atoms with van der Waals surface area (Å²) in [6, 6.07) is 11.6. The number of nitrogens with zero attached hydrogens (tertiary/aromatic N) is 1. The number of benzene rings is 2. The molecule has 2 aromatic carbocycles. The van der Waals surface area contributed by atoms with Crippen molar-refractivity contribution in [3.05, 3.63) is 42.5 Å². The molecule has 0 spiro atoms. The smallest absolute Gasteiger partial charge is 0.261 e. The van der Waals surface area contributed by atoms with Gasteiger partial charge in [0.1, 0.15) is 5.52 Å². The van der Waals surface area contributed by atoms with Crippen molar-refractivity contribution in [3.63, 3.8) is 0 Å². The van der Waals surface area contributed by atoms with Crippen LogP contribution in [0.15, 0.2) is 61.9 Å². The Morgan fingerprint density at radius 2 is 1.90 bits per heavy atom. The van der Waals surface area contributed by atoms with Crippen LogP contribution in [0.2, 0.25) is 0 Å². The Labute approximate surface area is 125 Å². The van der Waals surface area contributed by atoms with Crippen molar-refractivity contribution in [2.24, 2.45) is 5.14 Å². The van der Waals surface area contributed by atoms with Gasteiger partial charge in [-0.2, -0.15) is 0 Å². The van der Waals surface area contributed by atoms with Crippen molar-refractivity contribution in [3.8, 4) is 0 Å². The minimum atomic E-state index is -3.78. The van der Waals surface area contributed by atoms with E-state index in [4.69, 9.17) is 15.3 Å². The third-order valence-electron chi connectivity index (χ3n) is 2.79. The normalized spacial score (nSPS) is 11.9. The molecule has 0 amide bonds. The fraction of sp³-hybridized carbons (Fsp3) is 0. The Hall–Kier alpha value is -2.03. The third kappa shape index (κ3) is 2.87. The molecule has 0 unspecified atom stereocenters. The van der Waals surface area contributed by atoms with Gasteiger partial charge < -0.3 is 10.2 Å². The van der Waals surface area contributed by atoms with Gasteiger partial charge in [-0.05, 0) is 42.1 Å². The van der Waals surface area contributed by atoms with Gasteiger partial charge >= 0.3 is 0 Å². The van der Waals surface area contributed by atoms with Crippen molar-refractivity contribution in [2.45, 2.75) is 15.0 Å². The average Bonchev–Trinajstić information content (AvgIpc) is 2.82. The number of hydrogen-bond acceptors (Lipinski definition) is 6. The molecule has 0 atom stereocenters. The highest BCUT2D eigenvalue weighted by Gasteiger charge is 2.14. The van der Waals surface area contributed by atoms with E-state index in [-0.39, 0.29) is 4.90 Å². The van der Waals surface area contributed by atoms with E-state index in [1.165, 1.54) is 18.2 Å². The van der Waals surface area contributed by atoms with Gasteiger partial charge in [0, 0.05) is 10.6 Å². The Morgan fingerprint density at radius 1 is 1.14 bits per heavy atom. The summed E-state index contributed by atoms with van der Waals surface area (Å²) in [5.74, 6) is 0. The molecule has 0 aliphatic carbocycles. The topological polar surface area (TPSA) is 112 Å². The molecule has 0 bridgehead atoms. The summed E-state index contributed by atoms with van der Waals surface area (Å²) in [6.45, 7) is 0. The van der Waals surface area contributed by atoms with E-state index in [2.05, 4.69) is 4.98 Å². The zero-order chi connectivity index (χ0) is 15.0. The summed E-state index contributed by atoms with van der Waals surface area (Å²) in [4.78, 5) is 4.82. The second-order valence-corrected chi connectivity index (χ2v) is 6.85. The number of aromatic nitrogens is 1. The lowest BCUT2D eigenvalue weighted by atomic mass is 10.3. The fourth-order valence-electron chi connectivity index (χ4n) is 1.77. The highest BCUT2D eigenvalue weighted by Crippen LogP contribution is 2.34. The Balaban J connectivity index is 2.01. The number of sulfonamides is 1. The molecule has 3 rings (SSSR count). The Kier molecular flexibility index (Phi) is 3.36. The van der Waals surface area contributed by atoms with Crippen molar-refractivity contribution in [1.82, 2.24) is 4.98 Å². The molecule has 1 aromatic heterocycles. The number of nitrogen functional groups attached to an aromatic ring is 1. The van der Waals surface area contributed by atoms with Crippen LogP contribution in [0.5, 0.6) is 0 Å². The minimum Gasteiger partial charge on any atom is -0.431 e. The first-order valence-electron chi connectivity index (χ1n) is 5.89. The van der Waals surface area contributed by atoms with Crippen LogP contribution in [0, 0.1) is 0 Å². The summed E-state index contributed by atoms with van der Waals surface area (Å²) < 4.78 is 28.3. The van der Waals surface area contributed by atoms with E-state index < -0.39 is 10.0 Å². The first-order valence-corrected chi connectivity index (χ1v) is 8.25. The lowest BCUT2D eigenvalue weighted by Gasteiger charge is -2.05. The van der Waals surface area contributed by atoms with E-state index in [0.717, 1.165) is 17.3 Å². The van der Waals surface area contributed by atoms with Crippen LogP contribution in [0.4, 0.5) is 5.69 Å². The van der Waals surface area contributed by atoms with E-state index in [1.54, 1.807) is 6.07 Å². The number of primary sulfonamides is 1.